The number of benzene rings is 1. The lowest BCUT2D eigenvalue weighted by atomic mass is 9.92. The molecule has 7 heteroatoms. The predicted molar refractivity (Wildman–Crippen MR) is 93.7 cm³/mol. The van der Waals surface area contributed by atoms with Gasteiger partial charge in [0.05, 0.1) is 24.8 Å². The zero-order chi connectivity index (χ0) is 17.5. The minimum Gasteiger partial charge on any atom is -0.371 e. The highest BCUT2D eigenvalue weighted by Gasteiger charge is 2.27. The first-order valence-electron chi connectivity index (χ1n) is 8.80. The van der Waals surface area contributed by atoms with Crippen molar-refractivity contribution >= 4 is 6.03 Å². The molecule has 1 fully saturated rings. The van der Waals surface area contributed by atoms with Crippen LogP contribution in [0, 0.1) is 0 Å². The Labute approximate surface area is 147 Å². The maximum Gasteiger partial charge on any atom is 0.315 e. The second-order valence-electron chi connectivity index (χ2n) is 6.44. The van der Waals surface area contributed by atoms with Crippen molar-refractivity contribution in [1.82, 2.24) is 25.8 Å². The van der Waals surface area contributed by atoms with Crippen molar-refractivity contribution in [3.8, 4) is 0 Å². The lowest BCUT2D eigenvalue weighted by Crippen LogP contribution is -2.50. The lowest BCUT2D eigenvalue weighted by Gasteiger charge is -2.32. The summed E-state index contributed by atoms with van der Waals surface area (Å²) in [6, 6.07) is 9.71. The van der Waals surface area contributed by atoms with Gasteiger partial charge in [-0.2, -0.15) is 5.10 Å². The third-order valence-corrected chi connectivity index (χ3v) is 4.52. The molecule has 3 rings (SSSR count). The van der Waals surface area contributed by atoms with Crippen LogP contribution in [0.2, 0.25) is 0 Å². The molecule has 1 aromatic heterocycles. The summed E-state index contributed by atoms with van der Waals surface area (Å²) < 4.78 is 6.09. The number of carbonyl (C=O) groups is 1. The summed E-state index contributed by atoms with van der Waals surface area (Å²) in [6.07, 6.45) is 5.61. The molecule has 0 saturated heterocycles. The van der Waals surface area contributed by atoms with Crippen LogP contribution in [0.5, 0.6) is 0 Å². The normalized spacial score (nSPS) is 21.5. The number of ether oxygens (including phenoxy) is 1. The predicted octanol–water partition coefficient (Wildman–Crippen LogP) is 2.69. The molecular formula is C18H25N5O2. The number of nitrogens with zero attached hydrogens (tertiary/aromatic N) is 2. The van der Waals surface area contributed by atoms with Crippen molar-refractivity contribution in [2.24, 2.45) is 0 Å². The van der Waals surface area contributed by atoms with Gasteiger partial charge >= 0.3 is 6.03 Å². The molecule has 134 valence electrons. The van der Waals surface area contributed by atoms with Gasteiger partial charge in [-0.3, -0.25) is 5.10 Å². The van der Waals surface area contributed by atoms with E-state index in [1.54, 1.807) is 0 Å². The molecule has 1 saturated carbocycles. The van der Waals surface area contributed by atoms with Crippen LogP contribution in [0.15, 0.2) is 36.7 Å². The Kier molecular flexibility index (Phi) is 6.00. The van der Waals surface area contributed by atoms with Crippen molar-refractivity contribution in [3.05, 3.63) is 48.0 Å². The molecule has 2 aromatic rings. The molecule has 3 N–H and O–H groups in total. The molecule has 0 radical (unpaired) electrons. The van der Waals surface area contributed by atoms with Gasteiger partial charge < -0.3 is 15.4 Å². The number of rotatable bonds is 6. The van der Waals surface area contributed by atoms with Crippen LogP contribution in [0.1, 0.15) is 50.0 Å². The molecular weight excluding hydrogens is 318 g/mol. The van der Waals surface area contributed by atoms with E-state index in [1.807, 2.05) is 25.1 Å². The summed E-state index contributed by atoms with van der Waals surface area (Å²) in [5.74, 6) is 0.635. The van der Waals surface area contributed by atoms with Gasteiger partial charge in [-0.05, 0) is 25.3 Å². The first-order chi connectivity index (χ1) is 12.2. The molecule has 1 aliphatic rings. The quantitative estimate of drug-likeness (QED) is 0.752. The van der Waals surface area contributed by atoms with Gasteiger partial charge in [-0.1, -0.05) is 43.2 Å². The van der Waals surface area contributed by atoms with Crippen LogP contribution < -0.4 is 10.6 Å². The Morgan fingerprint density at radius 3 is 2.88 bits per heavy atom. The Balaban J connectivity index is 1.51. The van der Waals surface area contributed by atoms with Gasteiger partial charge in [0.25, 0.3) is 0 Å². The third-order valence-electron chi connectivity index (χ3n) is 4.52. The number of urea groups is 1. The van der Waals surface area contributed by atoms with E-state index in [0.29, 0.717) is 12.4 Å². The summed E-state index contributed by atoms with van der Waals surface area (Å²) >= 11 is 0. The van der Waals surface area contributed by atoms with E-state index in [2.05, 4.69) is 37.9 Å². The minimum atomic E-state index is -0.227. The maximum atomic E-state index is 12.3. The highest BCUT2D eigenvalue weighted by Crippen LogP contribution is 2.22. The monoisotopic (exact) mass is 343 g/mol. The van der Waals surface area contributed by atoms with E-state index in [0.717, 1.165) is 31.2 Å². The van der Waals surface area contributed by atoms with Gasteiger partial charge in [-0.25, -0.2) is 9.78 Å². The van der Waals surface area contributed by atoms with Crippen molar-refractivity contribution in [1.29, 1.82) is 0 Å². The average molecular weight is 343 g/mol. The maximum absolute atomic E-state index is 12.3. The third kappa shape index (κ3) is 5.03. The van der Waals surface area contributed by atoms with Crippen molar-refractivity contribution in [3.63, 3.8) is 0 Å². The summed E-state index contributed by atoms with van der Waals surface area (Å²) in [7, 11) is 0. The van der Waals surface area contributed by atoms with Crippen LogP contribution in [0.25, 0.3) is 0 Å². The molecule has 25 heavy (non-hydrogen) atoms. The highest BCUT2D eigenvalue weighted by atomic mass is 16.5. The van der Waals surface area contributed by atoms with Crippen LogP contribution >= 0.6 is 0 Å². The van der Waals surface area contributed by atoms with Crippen LogP contribution in [-0.2, 0) is 11.3 Å². The SMILES string of the molecule is C[C@H](NC(=O)N[C@@H]1CCCC[C@@H]1OCc1ccccc1)c1ncn[nH]1. The Bertz CT molecular complexity index is 647. The topological polar surface area (TPSA) is 91.9 Å². The molecule has 0 aliphatic heterocycles. The first-order valence-corrected chi connectivity index (χ1v) is 8.80. The highest BCUT2D eigenvalue weighted by molar-refractivity contribution is 5.74. The molecule has 0 spiro atoms. The number of nitrogens with one attached hydrogen (secondary N) is 3. The number of aromatic amines is 1. The number of H-pyrrole nitrogens is 1. The smallest absolute Gasteiger partial charge is 0.315 e. The number of hydrogen-bond acceptors (Lipinski definition) is 4. The van der Waals surface area contributed by atoms with E-state index >= 15 is 0 Å². The van der Waals surface area contributed by atoms with E-state index in [4.69, 9.17) is 4.74 Å². The summed E-state index contributed by atoms with van der Waals surface area (Å²) in [4.78, 5) is 16.4. The Hall–Kier alpha value is -2.41. The first kappa shape index (κ1) is 17.4. The summed E-state index contributed by atoms with van der Waals surface area (Å²) in [5, 5.41) is 12.5. The Morgan fingerprint density at radius 1 is 1.32 bits per heavy atom. The van der Waals surface area contributed by atoms with Gasteiger partial charge in [0.1, 0.15) is 12.2 Å². The number of amides is 2. The fourth-order valence-electron chi connectivity index (χ4n) is 3.14. The standard InChI is InChI=1S/C18H25N5O2/c1-13(17-19-12-20-23-17)21-18(24)22-15-9-5-6-10-16(15)25-11-14-7-3-2-4-8-14/h2-4,7-8,12-13,15-16H,5-6,9-11H2,1H3,(H,19,20,23)(H2,21,22,24)/t13-,15+,16-/m0/s1. The average Bonchev–Trinajstić information content (AvgIpc) is 3.17. The van der Waals surface area contributed by atoms with E-state index in [1.165, 1.54) is 6.33 Å². The number of hydrogen-bond donors (Lipinski definition) is 3. The molecule has 0 unspecified atom stereocenters. The zero-order valence-corrected chi connectivity index (χ0v) is 14.4. The molecule has 2 amide bonds. The van der Waals surface area contributed by atoms with Crippen molar-refractivity contribution < 1.29 is 9.53 Å². The van der Waals surface area contributed by atoms with Crippen molar-refractivity contribution in [2.45, 2.75) is 57.4 Å². The van der Waals surface area contributed by atoms with Gasteiger partial charge in [0.15, 0.2) is 0 Å². The van der Waals surface area contributed by atoms with E-state index < -0.39 is 0 Å². The minimum absolute atomic E-state index is 0.0272. The Morgan fingerprint density at radius 2 is 2.12 bits per heavy atom. The number of aromatic nitrogens is 3. The fourth-order valence-corrected chi connectivity index (χ4v) is 3.14. The molecule has 3 atom stereocenters. The van der Waals surface area contributed by atoms with E-state index in [-0.39, 0.29) is 24.2 Å². The van der Waals surface area contributed by atoms with Crippen LogP contribution in [-0.4, -0.2) is 33.4 Å². The summed E-state index contributed by atoms with van der Waals surface area (Å²) in [5.41, 5.74) is 1.15. The second-order valence-corrected chi connectivity index (χ2v) is 6.44. The molecule has 7 nitrogen and oxygen atoms in total. The summed E-state index contributed by atoms with van der Waals surface area (Å²) in [6.45, 7) is 2.43. The molecule has 1 aliphatic carbocycles. The molecule has 1 aromatic carbocycles. The van der Waals surface area contributed by atoms with Gasteiger partial charge in [0.2, 0.25) is 0 Å². The lowest BCUT2D eigenvalue weighted by molar-refractivity contribution is -0.00272. The largest absolute Gasteiger partial charge is 0.371 e. The fraction of sp³-hybridized carbons (Fsp3) is 0.500. The van der Waals surface area contributed by atoms with Gasteiger partial charge in [0, 0.05) is 0 Å². The van der Waals surface area contributed by atoms with E-state index in [9.17, 15) is 4.79 Å². The van der Waals surface area contributed by atoms with Crippen LogP contribution in [0.3, 0.4) is 0 Å². The zero-order valence-electron chi connectivity index (χ0n) is 14.4. The van der Waals surface area contributed by atoms with Crippen LogP contribution in [0.4, 0.5) is 4.79 Å². The molecule has 0 bridgehead atoms. The second kappa shape index (κ2) is 8.62. The van der Waals surface area contributed by atoms with Gasteiger partial charge in [-0.15, -0.1) is 0 Å². The van der Waals surface area contributed by atoms with Crippen molar-refractivity contribution in [2.75, 3.05) is 0 Å². The number of carbonyl (C=O) groups excluding carboxylic acids is 1. The molecule has 1 heterocycles.